The first-order valence-corrected chi connectivity index (χ1v) is 26.4. The van der Waals surface area contributed by atoms with Crippen molar-refractivity contribution in [3.8, 4) is 50.6 Å². The Morgan fingerprint density at radius 2 is 0.885 bits per heavy atom. The molecule has 6 rings (SSSR count). The molecule has 0 aliphatic heterocycles. The lowest BCUT2D eigenvalue weighted by Gasteiger charge is -2.20. The Labute approximate surface area is 459 Å². The first-order valence-electron chi connectivity index (χ1n) is 26.4. The highest BCUT2D eigenvalue weighted by molar-refractivity contribution is 5.94. The molecule has 0 amide bonds. The number of carbonyl (C=O) groups is 3. The van der Waals surface area contributed by atoms with E-state index in [4.69, 9.17) is 47.4 Å². The normalized spacial score (nSPS) is 11.8. The second-order valence-electron chi connectivity index (χ2n) is 18.1. The van der Waals surface area contributed by atoms with E-state index in [1.807, 2.05) is 140 Å². The van der Waals surface area contributed by atoms with E-state index in [1.54, 1.807) is 32.9 Å². The van der Waals surface area contributed by atoms with Crippen LogP contribution in [0.25, 0.3) is 45.5 Å². The van der Waals surface area contributed by atoms with E-state index in [2.05, 4.69) is 24.8 Å². The van der Waals surface area contributed by atoms with Gasteiger partial charge in [0.25, 0.3) is 0 Å². The van der Waals surface area contributed by atoms with Crippen LogP contribution in [0.1, 0.15) is 51.7 Å². The summed E-state index contributed by atoms with van der Waals surface area (Å²) in [7, 11) is 0. The topological polar surface area (TPSA) is 144 Å². The molecule has 78 heavy (non-hydrogen) atoms. The number of para-hydroxylation sites is 1. The lowest BCUT2D eigenvalue weighted by atomic mass is 10.0. The highest BCUT2D eigenvalue weighted by Gasteiger charge is 2.19. The maximum absolute atomic E-state index is 13.0. The summed E-state index contributed by atoms with van der Waals surface area (Å²) in [4.78, 5) is 38.2. The quantitative estimate of drug-likeness (QED) is 0.0164. The zero-order valence-electron chi connectivity index (χ0n) is 45.3. The standard InChI is InChI=1S/C65H72O13/c1-6-69-46-56(78-63(66)48(2)3)47-77-62-45-52(29-31-59(62)55-24-14-9-15-25-55)43-50(5)65(68)76-41-39-72-37-36-71-38-40-74-61-44-51(28-30-58(61)54-22-12-8-13-23-54)42-49(4)64(67)75-35-19-33-70-32-18-34-73-60-27-17-16-26-57(60)53-20-10-7-11-21-53/h7-17,20-31,42-45,56H,2,6,18-19,32-41,46-47H2,1,3-5H3/b49-42+,50-43+. The highest BCUT2D eigenvalue weighted by Crippen LogP contribution is 2.34. The van der Waals surface area contributed by atoms with Crippen LogP contribution in [0, 0.1) is 0 Å². The summed E-state index contributed by atoms with van der Waals surface area (Å²) in [5.41, 5.74) is 8.46. The molecule has 0 saturated carbocycles. The maximum Gasteiger partial charge on any atom is 0.333 e. The molecule has 0 bridgehead atoms. The van der Waals surface area contributed by atoms with Gasteiger partial charge in [-0.15, -0.1) is 0 Å². The van der Waals surface area contributed by atoms with Crippen molar-refractivity contribution in [1.82, 2.24) is 0 Å². The van der Waals surface area contributed by atoms with Crippen LogP contribution < -0.4 is 14.2 Å². The Kier molecular flexibility index (Phi) is 25.4. The molecule has 0 aromatic heterocycles. The molecule has 410 valence electrons. The molecule has 0 heterocycles. The molecule has 0 radical (unpaired) electrons. The predicted octanol–water partition coefficient (Wildman–Crippen LogP) is 12.5. The summed E-state index contributed by atoms with van der Waals surface area (Å²) in [6.45, 7) is 14.4. The minimum absolute atomic E-state index is 0.0430. The zero-order valence-corrected chi connectivity index (χ0v) is 45.3. The Bertz CT molecular complexity index is 2860. The maximum atomic E-state index is 13.0. The average Bonchev–Trinajstić information content (AvgIpc) is 3.47. The van der Waals surface area contributed by atoms with Crippen molar-refractivity contribution in [3.63, 3.8) is 0 Å². The predicted molar refractivity (Wildman–Crippen MR) is 304 cm³/mol. The Morgan fingerprint density at radius 1 is 0.436 bits per heavy atom. The molecule has 0 aliphatic rings. The van der Waals surface area contributed by atoms with Crippen molar-refractivity contribution in [2.24, 2.45) is 0 Å². The van der Waals surface area contributed by atoms with Crippen LogP contribution in [-0.2, 0) is 47.5 Å². The largest absolute Gasteiger partial charge is 0.493 e. The molecule has 13 heteroatoms. The van der Waals surface area contributed by atoms with Gasteiger partial charge in [0.05, 0.1) is 46.2 Å². The van der Waals surface area contributed by atoms with Gasteiger partial charge < -0.3 is 47.4 Å². The van der Waals surface area contributed by atoms with Crippen molar-refractivity contribution in [1.29, 1.82) is 0 Å². The van der Waals surface area contributed by atoms with Gasteiger partial charge in [-0.1, -0.05) is 140 Å². The summed E-state index contributed by atoms with van der Waals surface area (Å²) in [6, 6.07) is 49.3. The fourth-order valence-electron chi connectivity index (χ4n) is 7.80. The molecule has 0 spiro atoms. The summed E-state index contributed by atoms with van der Waals surface area (Å²) in [5.74, 6) is 0.628. The Balaban J connectivity index is 0.883. The van der Waals surface area contributed by atoms with E-state index in [0.717, 1.165) is 56.7 Å². The molecule has 13 nitrogen and oxygen atoms in total. The molecular weight excluding hydrogens is 989 g/mol. The lowest BCUT2D eigenvalue weighted by Crippen LogP contribution is -2.30. The van der Waals surface area contributed by atoms with Gasteiger partial charge in [0.2, 0.25) is 0 Å². The molecule has 1 atom stereocenters. The average molecular weight is 1060 g/mol. The molecule has 6 aromatic carbocycles. The zero-order chi connectivity index (χ0) is 55.2. The van der Waals surface area contributed by atoms with Gasteiger partial charge in [-0.2, -0.15) is 0 Å². The van der Waals surface area contributed by atoms with E-state index in [-0.39, 0.29) is 45.2 Å². The molecule has 6 aromatic rings. The minimum Gasteiger partial charge on any atom is -0.493 e. The van der Waals surface area contributed by atoms with Gasteiger partial charge in [-0.3, -0.25) is 0 Å². The van der Waals surface area contributed by atoms with Crippen LogP contribution in [0.3, 0.4) is 0 Å². The highest BCUT2D eigenvalue weighted by atomic mass is 16.6. The summed E-state index contributed by atoms with van der Waals surface area (Å²) >= 11 is 0. The van der Waals surface area contributed by atoms with Gasteiger partial charge in [0.1, 0.15) is 37.1 Å². The van der Waals surface area contributed by atoms with Crippen molar-refractivity contribution >= 4 is 30.1 Å². The SMILES string of the molecule is C=C(C)C(=O)OC(COCC)COc1cc(/C=C(\C)C(=O)OCCOCCOCCOc2cc(/C=C(\C)C(=O)OCCCOCCCOc3ccccc3-c3ccccc3)ccc2-c2ccccc2)ccc1-c1ccccc1. The first kappa shape index (κ1) is 59.4. The molecule has 0 N–H and O–H groups in total. The summed E-state index contributed by atoms with van der Waals surface area (Å²) in [5, 5.41) is 0. The van der Waals surface area contributed by atoms with E-state index in [9.17, 15) is 14.4 Å². The number of ether oxygens (including phenoxy) is 10. The number of rotatable bonds is 34. The van der Waals surface area contributed by atoms with Crippen LogP contribution in [0.15, 0.2) is 175 Å². The van der Waals surface area contributed by atoms with Crippen LogP contribution in [0.4, 0.5) is 0 Å². The van der Waals surface area contributed by atoms with Gasteiger partial charge in [-0.25, -0.2) is 14.4 Å². The number of hydrogen-bond acceptors (Lipinski definition) is 13. The van der Waals surface area contributed by atoms with Crippen LogP contribution in [0.2, 0.25) is 0 Å². The van der Waals surface area contributed by atoms with Crippen LogP contribution in [0.5, 0.6) is 17.2 Å². The van der Waals surface area contributed by atoms with Crippen molar-refractivity contribution in [2.75, 3.05) is 85.9 Å². The van der Waals surface area contributed by atoms with Gasteiger partial charge in [0, 0.05) is 66.1 Å². The minimum atomic E-state index is -0.664. The number of esters is 3. The number of hydrogen-bond donors (Lipinski definition) is 0. The molecular formula is C65H72O13. The fourth-order valence-corrected chi connectivity index (χ4v) is 7.80. The van der Waals surface area contributed by atoms with Gasteiger partial charge in [0.15, 0.2) is 6.10 Å². The van der Waals surface area contributed by atoms with Gasteiger partial charge in [-0.05, 0) is 85.9 Å². The Morgan fingerprint density at radius 3 is 1.44 bits per heavy atom. The number of benzene rings is 6. The molecule has 0 aliphatic carbocycles. The van der Waals surface area contributed by atoms with Gasteiger partial charge >= 0.3 is 17.9 Å². The summed E-state index contributed by atoms with van der Waals surface area (Å²) < 4.78 is 58.0. The van der Waals surface area contributed by atoms with E-state index >= 15 is 0 Å². The third-order valence-electron chi connectivity index (χ3n) is 11.8. The van der Waals surface area contributed by atoms with Crippen molar-refractivity contribution in [2.45, 2.75) is 46.6 Å². The lowest BCUT2D eigenvalue weighted by molar-refractivity contribution is -0.149. The van der Waals surface area contributed by atoms with Crippen molar-refractivity contribution < 1.29 is 61.8 Å². The molecule has 1 unspecified atom stereocenters. The van der Waals surface area contributed by atoms with E-state index in [0.29, 0.717) is 75.3 Å². The molecule has 0 saturated heterocycles. The third kappa shape index (κ3) is 20.3. The second-order valence-corrected chi connectivity index (χ2v) is 18.1. The summed E-state index contributed by atoms with van der Waals surface area (Å²) in [6.07, 6.45) is 4.15. The van der Waals surface area contributed by atoms with Crippen LogP contribution >= 0.6 is 0 Å². The van der Waals surface area contributed by atoms with Crippen molar-refractivity contribution in [3.05, 3.63) is 186 Å². The fraction of sp³-hybridized carbons (Fsp3) is 0.308. The van der Waals surface area contributed by atoms with Crippen LogP contribution in [-0.4, -0.2) is 110 Å². The van der Waals surface area contributed by atoms with E-state index < -0.39 is 24.0 Å². The monoisotopic (exact) mass is 1060 g/mol. The third-order valence-corrected chi connectivity index (χ3v) is 11.8. The van der Waals surface area contributed by atoms with E-state index in [1.165, 1.54) is 0 Å². The first-order chi connectivity index (χ1) is 38.1. The molecule has 0 fully saturated rings. The Hall–Kier alpha value is -7.81. The second kappa shape index (κ2) is 33.4. The smallest absolute Gasteiger partial charge is 0.333 e. The number of carbonyl (C=O) groups excluding carboxylic acids is 3.